The lowest BCUT2D eigenvalue weighted by atomic mass is 9.95. The maximum Gasteiger partial charge on any atom is 0.307 e. The monoisotopic (exact) mass is 241 g/mol. The summed E-state index contributed by atoms with van der Waals surface area (Å²) in [5.74, 6) is -1.54. The molecule has 1 saturated heterocycles. The molecule has 96 valence electrons. The van der Waals surface area contributed by atoms with Crippen LogP contribution in [0.15, 0.2) is 0 Å². The van der Waals surface area contributed by atoms with Gasteiger partial charge in [0.2, 0.25) is 5.91 Å². The number of hydrogen-bond acceptors (Lipinski definition) is 3. The SMILES string of the molecule is CC1C[C@H](C(=O)NC2CCOC2)[C@H](C(=O)O)C1. The number of carboxylic acids is 1. The van der Waals surface area contributed by atoms with E-state index >= 15 is 0 Å². The van der Waals surface area contributed by atoms with Crippen LogP contribution in [0.3, 0.4) is 0 Å². The first-order valence-electron chi connectivity index (χ1n) is 6.19. The zero-order valence-electron chi connectivity index (χ0n) is 10.0. The van der Waals surface area contributed by atoms with Crippen molar-refractivity contribution >= 4 is 11.9 Å². The van der Waals surface area contributed by atoms with E-state index in [1.165, 1.54) is 0 Å². The predicted molar refractivity (Wildman–Crippen MR) is 60.4 cm³/mol. The van der Waals surface area contributed by atoms with E-state index in [1.54, 1.807) is 0 Å². The summed E-state index contributed by atoms with van der Waals surface area (Å²) in [6.07, 6.45) is 2.11. The third kappa shape index (κ3) is 2.77. The van der Waals surface area contributed by atoms with Crippen molar-refractivity contribution in [3.63, 3.8) is 0 Å². The van der Waals surface area contributed by atoms with Gasteiger partial charge in [-0.2, -0.15) is 0 Å². The van der Waals surface area contributed by atoms with Crippen LogP contribution in [0.4, 0.5) is 0 Å². The van der Waals surface area contributed by atoms with E-state index in [2.05, 4.69) is 5.32 Å². The van der Waals surface area contributed by atoms with Gasteiger partial charge in [-0.1, -0.05) is 6.92 Å². The molecular formula is C12H19NO4. The molecule has 5 heteroatoms. The van der Waals surface area contributed by atoms with Crippen molar-refractivity contribution in [2.75, 3.05) is 13.2 Å². The van der Waals surface area contributed by atoms with Crippen molar-refractivity contribution in [3.05, 3.63) is 0 Å². The van der Waals surface area contributed by atoms with Gasteiger partial charge >= 0.3 is 5.97 Å². The molecule has 4 atom stereocenters. The number of carbonyl (C=O) groups is 2. The summed E-state index contributed by atoms with van der Waals surface area (Å²) in [6.45, 7) is 3.22. The molecule has 1 saturated carbocycles. The summed E-state index contributed by atoms with van der Waals surface area (Å²) < 4.78 is 5.18. The van der Waals surface area contributed by atoms with Crippen LogP contribution in [-0.2, 0) is 14.3 Å². The summed E-state index contributed by atoms with van der Waals surface area (Å²) in [6, 6.07) is 0.0628. The summed E-state index contributed by atoms with van der Waals surface area (Å²) in [5.41, 5.74) is 0. The van der Waals surface area contributed by atoms with Crippen molar-refractivity contribution in [2.24, 2.45) is 17.8 Å². The molecule has 1 aliphatic carbocycles. The quantitative estimate of drug-likeness (QED) is 0.760. The second kappa shape index (κ2) is 5.04. The predicted octanol–water partition coefficient (Wildman–Crippen LogP) is 0.638. The molecule has 2 fully saturated rings. The number of hydrogen-bond donors (Lipinski definition) is 2. The molecule has 0 radical (unpaired) electrons. The number of carboxylic acid groups (broad SMARTS) is 1. The molecule has 1 aliphatic heterocycles. The Labute approximate surface area is 101 Å². The Hall–Kier alpha value is -1.10. The second-order valence-corrected chi connectivity index (χ2v) is 5.20. The van der Waals surface area contributed by atoms with E-state index in [-0.39, 0.29) is 17.9 Å². The first kappa shape index (κ1) is 12.4. The number of ether oxygens (including phenoxy) is 1. The highest BCUT2D eigenvalue weighted by molar-refractivity contribution is 5.85. The Bertz CT molecular complexity index is 312. The maximum atomic E-state index is 12.0. The van der Waals surface area contributed by atoms with Gasteiger partial charge in [-0.25, -0.2) is 0 Å². The van der Waals surface area contributed by atoms with Crippen LogP contribution in [0.1, 0.15) is 26.2 Å². The van der Waals surface area contributed by atoms with Crippen molar-refractivity contribution in [1.29, 1.82) is 0 Å². The summed E-state index contributed by atoms with van der Waals surface area (Å²) in [4.78, 5) is 23.1. The molecule has 2 rings (SSSR count). The minimum Gasteiger partial charge on any atom is -0.481 e. The van der Waals surface area contributed by atoms with Crippen LogP contribution in [-0.4, -0.2) is 36.2 Å². The molecule has 0 spiro atoms. The fourth-order valence-corrected chi connectivity index (χ4v) is 2.81. The molecule has 0 bridgehead atoms. The molecule has 2 unspecified atom stereocenters. The fourth-order valence-electron chi connectivity index (χ4n) is 2.81. The Kier molecular flexibility index (Phi) is 3.66. The average molecular weight is 241 g/mol. The standard InChI is InChI=1S/C12H19NO4/c1-7-4-9(10(5-7)12(15)16)11(14)13-8-2-3-17-6-8/h7-10H,2-6H2,1H3,(H,13,14)(H,15,16)/t7?,8?,9-,10+/m0/s1. The molecule has 1 amide bonds. The summed E-state index contributed by atoms with van der Waals surface area (Å²) >= 11 is 0. The Balaban J connectivity index is 1.94. The largest absolute Gasteiger partial charge is 0.481 e. The molecule has 0 aromatic carbocycles. The third-order valence-corrected chi connectivity index (χ3v) is 3.73. The molecule has 2 aliphatic rings. The molecule has 2 N–H and O–H groups in total. The number of nitrogens with one attached hydrogen (secondary N) is 1. The van der Waals surface area contributed by atoms with Crippen LogP contribution in [0.25, 0.3) is 0 Å². The van der Waals surface area contributed by atoms with Gasteiger partial charge in [-0.3, -0.25) is 9.59 Å². The van der Waals surface area contributed by atoms with Gasteiger partial charge in [0.15, 0.2) is 0 Å². The molecular weight excluding hydrogens is 222 g/mol. The van der Waals surface area contributed by atoms with Gasteiger partial charge in [0.05, 0.1) is 24.5 Å². The molecule has 5 nitrogen and oxygen atoms in total. The van der Waals surface area contributed by atoms with Crippen LogP contribution in [0.2, 0.25) is 0 Å². The molecule has 17 heavy (non-hydrogen) atoms. The first-order chi connectivity index (χ1) is 8.08. The Morgan fingerprint density at radius 1 is 1.29 bits per heavy atom. The van der Waals surface area contributed by atoms with Gasteiger partial charge < -0.3 is 15.2 Å². The minimum atomic E-state index is -0.850. The van der Waals surface area contributed by atoms with Crippen molar-refractivity contribution in [1.82, 2.24) is 5.32 Å². The summed E-state index contributed by atoms with van der Waals surface area (Å²) in [7, 11) is 0. The lowest BCUT2D eigenvalue weighted by Gasteiger charge is -2.18. The van der Waals surface area contributed by atoms with Gasteiger partial charge in [-0.15, -0.1) is 0 Å². The summed E-state index contributed by atoms with van der Waals surface area (Å²) in [5, 5.41) is 12.0. The highest BCUT2D eigenvalue weighted by atomic mass is 16.5. The number of aliphatic carboxylic acids is 1. The lowest BCUT2D eigenvalue weighted by Crippen LogP contribution is -2.41. The van der Waals surface area contributed by atoms with Crippen LogP contribution in [0.5, 0.6) is 0 Å². The van der Waals surface area contributed by atoms with Gasteiger partial charge in [-0.05, 0) is 25.2 Å². The van der Waals surface area contributed by atoms with Crippen LogP contribution >= 0.6 is 0 Å². The van der Waals surface area contributed by atoms with Crippen molar-refractivity contribution in [3.8, 4) is 0 Å². The zero-order chi connectivity index (χ0) is 12.4. The van der Waals surface area contributed by atoms with E-state index < -0.39 is 11.9 Å². The maximum absolute atomic E-state index is 12.0. The van der Waals surface area contributed by atoms with Crippen LogP contribution < -0.4 is 5.32 Å². The van der Waals surface area contributed by atoms with Gasteiger partial charge in [0.1, 0.15) is 0 Å². The molecule has 1 heterocycles. The lowest BCUT2D eigenvalue weighted by molar-refractivity contribution is -0.146. The number of amides is 1. The van der Waals surface area contributed by atoms with E-state index in [9.17, 15) is 9.59 Å². The third-order valence-electron chi connectivity index (χ3n) is 3.73. The first-order valence-corrected chi connectivity index (χ1v) is 6.19. The smallest absolute Gasteiger partial charge is 0.307 e. The fraction of sp³-hybridized carbons (Fsp3) is 0.833. The van der Waals surface area contributed by atoms with Crippen molar-refractivity contribution in [2.45, 2.75) is 32.2 Å². The van der Waals surface area contributed by atoms with Gasteiger partial charge in [0.25, 0.3) is 0 Å². The Morgan fingerprint density at radius 2 is 2.00 bits per heavy atom. The second-order valence-electron chi connectivity index (χ2n) is 5.20. The van der Waals surface area contributed by atoms with E-state index in [0.29, 0.717) is 32.0 Å². The number of rotatable bonds is 3. The van der Waals surface area contributed by atoms with Crippen molar-refractivity contribution < 1.29 is 19.4 Å². The normalized spacial score (nSPS) is 37.0. The Morgan fingerprint density at radius 3 is 2.59 bits per heavy atom. The molecule has 0 aromatic heterocycles. The van der Waals surface area contributed by atoms with Gasteiger partial charge in [0, 0.05) is 6.61 Å². The van der Waals surface area contributed by atoms with E-state index in [1.807, 2.05) is 6.92 Å². The average Bonchev–Trinajstić information content (AvgIpc) is 2.86. The topological polar surface area (TPSA) is 75.6 Å². The van der Waals surface area contributed by atoms with Crippen LogP contribution in [0, 0.1) is 17.8 Å². The highest BCUT2D eigenvalue weighted by Crippen LogP contribution is 2.36. The zero-order valence-corrected chi connectivity index (χ0v) is 10.0. The van der Waals surface area contributed by atoms with E-state index in [4.69, 9.17) is 9.84 Å². The number of carbonyl (C=O) groups excluding carboxylic acids is 1. The highest BCUT2D eigenvalue weighted by Gasteiger charge is 2.41. The van der Waals surface area contributed by atoms with E-state index in [0.717, 1.165) is 6.42 Å². The molecule has 0 aromatic rings. The minimum absolute atomic E-state index is 0.0628.